The summed E-state index contributed by atoms with van der Waals surface area (Å²) in [6.07, 6.45) is 4.54. The van der Waals surface area contributed by atoms with Gasteiger partial charge in [-0.15, -0.1) is 11.3 Å². The van der Waals surface area contributed by atoms with E-state index in [1.54, 1.807) is 0 Å². The molecule has 0 unspecified atom stereocenters. The number of anilines is 2. The van der Waals surface area contributed by atoms with Crippen LogP contribution in [0, 0.1) is 5.92 Å². The zero-order valence-electron chi connectivity index (χ0n) is 17.3. The van der Waals surface area contributed by atoms with E-state index in [2.05, 4.69) is 16.7 Å². The van der Waals surface area contributed by atoms with Gasteiger partial charge < -0.3 is 9.80 Å². The Morgan fingerprint density at radius 3 is 2.13 bits per heavy atom. The van der Waals surface area contributed by atoms with Crippen LogP contribution in [0.4, 0.5) is 11.4 Å². The lowest BCUT2D eigenvalue weighted by Crippen LogP contribution is -2.35. The number of nitrogens with zero attached hydrogens (tertiary/aromatic N) is 3. The molecular weight excluding hydrogens is 394 g/mol. The number of imide groups is 1. The fourth-order valence-electron chi connectivity index (χ4n) is 4.71. The highest BCUT2D eigenvalue weighted by molar-refractivity contribution is 7.11. The van der Waals surface area contributed by atoms with Crippen LogP contribution in [0.1, 0.15) is 37.5 Å². The van der Waals surface area contributed by atoms with E-state index in [0.717, 1.165) is 55.5 Å². The first-order chi connectivity index (χ1) is 14.6. The van der Waals surface area contributed by atoms with Gasteiger partial charge in [-0.3, -0.25) is 9.59 Å². The zero-order chi connectivity index (χ0) is 20.7. The maximum absolute atomic E-state index is 13.4. The summed E-state index contributed by atoms with van der Waals surface area (Å²) in [4.78, 5) is 33.6. The molecule has 0 aliphatic carbocycles. The quantitative estimate of drug-likeness (QED) is 0.688. The Morgan fingerprint density at radius 2 is 1.50 bits per heavy atom. The first kappa shape index (κ1) is 19.4. The first-order valence-corrected chi connectivity index (χ1v) is 11.8. The van der Waals surface area contributed by atoms with Gasteiger partial charge in [0.15, 0.2) is 0 Å². The van der Waals surface area contributed by atoms with Gasteiger partial charge in [0.1, 0.15) is 5.70 Å². The van der Waals surface area contributed by atoms with Crippen LogP contribution < -0.4 is 9.80 Å². The molecule has 0 radical (unpaired) electrons. The molecule has 4 heterocycles. The second-order valence-corrected chi connectivity index (χ2v) is 9.47. The number of benzene rings is 1. The predicted octanol–water partition coefficient (Wildman–Crippen LogP) is 4.36. The second kappa shape index (κ2) is 7.91. The number of thiophene rings is 1. The van der Waals surface area contributed by atoms with Crippen molar-refractivity contribution in [3.63, 3.8) is 0 Å². The standard InChI is InChI=1S/C24H27N3O2S/c1-17-10-14-25(15-11-17)18-6-8-19(9-7-18)27-23(28)21(20-5-4-16-30-20)22(24(27)29)26-12-2-3-13-26/h4-9,16-17H,2-3,10-15H2,1H3. The van der Waals surface area contributed by atoms with Gasteiger partial charge in [-0.25, -0.2) is 4.90 Å². The summed E-state index contributed by atoms with van der Waals surface area (Å²) in [5, 5.41) is 1.96. The molecule has 5 rings (SSSR count). The Bertz CT molecular complexity index is 966. The van der Waals surface area contributed by atoms with Crippen LogP contribution >= 0.6 is 11.3 Å². The molecule has 30 heavy (non-hydrogen) atoms. The SMILES string of the molecule is CC1CCN(c2ccc(N3C(=O)C(c4cccs4)=C(N4CCCC4)C3=O)cc2)CC1. The highest BCUT2D eigenvalue weighted by Gasteiger charge is 2.43. The predicted molar refractivity (Wildman–Crippen MR) is 122 cm³/mol. The molecule has 0 atom stereocenters. The van der Waals surface area contributed by atoms with Gasteiger partial charge in [0.2, 0.25) is 0 Å². The number of piperidine rings is 1. The summed E-state index contributed by atoms with van der Waals surface area (Å²) in [6, 6.07) is 11.8. The van der Waals surface area contributed by atoms with E-state index in [4.69, 9.17) is 0 Å². The maximum Gasteiger partial charge on any atom is 0.282 e. The molecule has 5 nitrogen and oxygen atoms in total. The topological polar surface area (TPSA) is 43.9 Å². The average Bonchev–Trinajstić information content (AvgIpc) is 3.50. The monoisotopic (exact) mass is 421 g/mol. The van der Waals surface area contributed by atoms with E-state index in [-0.39, 0.29) is 11.8 Å². The lowest BCUT2D eigenvalue weighted by atomic mass is 9.99. The summed E-state index contributed by atoms with van der Waals surface area (Å²) >= 11 is 1.52. The van der Waals surface area contributed by atoms with Crippen molar-refractivity contribution in [1.82, 2.24) is 4.90 Å². The van der Waals surface area contributed by atoms with Crippen molar-refractivity contribution < 1.29 is 9.59 Å². The highest BCUT2D eigenvalue weighted by atomic mass is 32.1. The fourth-order valence-corrected chi connectivity index (χ4v) is 5.47. The van der Waals surface area contributed by atoms with E-state index in [1.807, 2.05) is 41.8 Å². The van der Waals surface area contributed by atoms with Crippen LogP contribution in [0.5, 0.6) is 0 Å². The largest absolute Gasteiger partial charge is 0.372 e. The molecule has 3 aliphatic heterocycles. The van der Waals surface area contributed by atoms with Crippen LogP contribution in [0.3, 0.4) is 0 Å². The van der Waals surface area contributed by atoms with E-state index >= 15 is 0 Å². The second-order valence-electron chi connectivity index (χ2n) is 8.53. The molecule has 0 spiro atoms. The van der Waals surface area contributed by atoms with Gasteiger partial charge in [0.05, 0.1) is 11.3 Å². The van der Waals surface area contributed by atoms with Gasteiger partial charge in [-0.05, 0) is 67.3 Å². The Hall–Kier alpha value is -2.60. The van der Waals surface area contributed by atoms with Gasteiger partial charge in [0, 0.05) is 36.7 Å². The van der Waals surface area contributed by atoms with Crippen LogP contribution in [0.25, 0.3) is 5.57 Å². The van der Waals surface area contributed by atoms with Crippen molar-refractivity contribution in [1.29, 1.82) is 0 Å². The Balaban J connectivity index is 1.44. The van der Waals surface area contributed by atoms with E-state index in [9.17, 15) is 9.59 Å². The molecular formula is C24H27N3O2S. The van der Waals surface area contributed by atoms with Crippen LogP contribution in [-0.2, 0) is 9.59 Å². The van der Waals surface area contributed by atoms with Crippen molar-refractivity contribution in [2.45, 2.75) is 32.6 Å². The lowest BCUT2D eigenvalue weighted by Gasteiger charge is -2.32. The van der Waals surface area contributed by atoms with E-state index < -0.39 is 0 Å². The molecule has 6 heteroatoms. The summed E-state index contributed by atoms with van der Waals surface area (Å²) in [5.41, 5.74) is 2.96. The highest BCUT2D eigenvalue weighted by Crippen LogP contribution is 2.38. The Morgan fingerprint density at radius 1 is 0.833 bits per heavy atom. The molecule has 3 aliphatic rings. The number of carbonyl (C=O) groups is 2. The van der Waals surface area contributed by atoms with E-state index in [1.165, 1.54) is 29.1 Å². The molecule has 2 aromatic rings. The average molecular weight is 422 g/mol. The molecule has 1 aromatic heterocycles. The van der Waals surface area contributed by atoms with E-state index in [0.29, 0.717) is 17.0 Å². The summed E-state index contributed by atoms with van der Waals surface area (Å²) in [7, 11) is 0. The normalized spacial score (nSPS) is 20.8. The third-order valence-corrected chi connectivity index (χ3v) is 7.39. The van der Waals surface area contributed by atoms with Crippen molar-refractivity contribution in [2.75, 3.05) is 36.0 Å². The summed E-state index contributed by atoms with van der Waals surface area (Å²) in [6.45, 7) is 6.10. The van der Waals surface area contributed by atoms with Crippen molar-refractivity contribution >= 4 is 40.1 Å². The summed E-state index contributed by atoms with van der Waals surface area (Å²) in [5.74, 6) is 0.389. The molecule has 1 aromatic carbocycles. The van der Waals surface area contributed by atoms with Gasteiger partial charge in [-0.1, -0.05) is 13.0 Å². The fraction of sp³-hybridized carbons (Fsp3) is 0.417. The van der Waals surface area contributed by atoms with Crippen molar-refractivity contribution in [2.24, 2.45) is 5.92 Å². The number of hydrogen-bond acceptors (Lipinski definition) is 5. The van der Waals surface area contributed by atoms with Crippen molar-refractivity contribution in [3.8, 4) is 0 Å². The number of carbonyl (C=O) groups excluding carboxylic acids is 2. The molecule has 2 amide bonds. The minimum atomic E-state index is -0.205. The first-order valence-electron chi connectivity index (χ1n) is 10.9. The number of rotatable bonds is 4. The van der Waals surface area contributed by atoms with Gasteiger partial charge in [-0.2, -0.15) is 0 Å². The van der Waals surface area contributed by atoms with Crippen LogP contribution in [0.15, 0.2) is 47.5 Å². The van der Waals surface area contributed by atoms with Crippen molar-refractivity contribution in [3.05, 3.63) is 52.4 Å². The zero-order valence-corrected chi connectivity index (χ0v) is 18.2. The maximum atomic E-state index is 13.4. The van der Waals surface area contributed by atoms with Crippen LogP contribution in [-0.4, -0.2) is 42.9 Å². The molecule has 0 bridgehead atoms. The molecule has 0 saturated carbocycles. The Kier molecular flexibility index (Phi) is 5.11. The minimum Gasteiger partial charge on any atom is -0.372 e. The molecule has 2 fully saturated rings. The smallest absolute Gasteiger partial charge is 0.282 e. The number of likely N-dealkylation sites (tertiary alicyclic amines) is 1. The molecule has 0 N–H and O–H groups in total. The number of amides is 2. The lowest BCUT2D eigenvalue weighted by molar-refractivity contribution is -0.120. The third-order valence-electron chi connectivity index (χ3n) is 6.51. The van der Waals surface area contributed by atoms with Gasteiger partial charge in [0.25, 0.3) is 11.8 Å². The number of hydrogen-bond donors (Lipinski definition) is 0. The molecule has 156 valence electrons. The molecule has 2 saturated heterocycles. The Labute approximate surface area is 181 Å². The van der Waals surface area contributed by atoms with Crippen LogP contribution in [0.2, 0.25) is 0 Å². The third kappa shape index (κ3) is 3.33. The minimum absolute atomic E-state index is 0.190. The summed E-state index contributed by atoms with van der Waals surface area (Å²) < 4.78 is 0. The van der Waals surface area contributed by atoms with Gasteiger partial charge >= 0.3 is 0 Å².